The number of allylic oxidation sites excluding steroid dienone is 2. The van der Waals surface area contributed by atoms with Crippen molar-refractivity contribution in [2.45, 2.75) is 31.9 Å². The number of aryl methyl sites for hydroxylation is 1. The third kappa shape index (κ3) is 3.71. The van der Waals surface area contributed by atoms with Crippen LogP contribution >= 0.6 is 0 Å². The first-order chi connectivity index (χ1) is 12.0. The van der Waals surface area contributed by atoms with Crippen molar-refractivity contribution in [2.75, 3.05) is 0 Å². The quantitative estimate of drug-likeness (QED) is 0.800. The second-order valence-corrected chi connectivity index (χ2v) is 7.16. The molecule has 3 nitrogen and oxygen atoms in total. The normalized spacial score (nSPS) is 15.3. The Bertz CT molecular complexity index is 928. The van der Waals surface area contributed by atoms with Gasteiger partial charge in [0.15, 0.2) is 11.1 Å². The van der Waals surface area contributed by atoms with Gasteiger partial charge in [-0.15, -0.1) is 0 Å². The molecule has 2 aromatic rings. The summed E-state index contributed by atoms with van der Waals surface area (Å²) in [6.07, 6.45) is 2.80. The average Bonchev–Trinajstić information content (AvgIpc) is 3.06. The lowest BCUT2D eigenvalue weighted by Gasteiger charge is -2.11. The molecule has 128 valence electrons. The Morgan fingerprint density at radius 3 is 2.36 bits per heavy atom. The Kier molecular flexibility index (Phi) is 5.12. The molecule has 3 rings (SSSR count). The summed E-state index contributed by atoms with van der Waals surface area (Å²) in [5.41, 5.74) is 6.04. The van der Waals surface area contributed by atoms with Gasteiger partial charge >= 0.3 is 0 Å². The van der Waals surface area contributed by atoms with Crippen LogP contribution in [-0.2, 0) is 16.8 Å². The van der Waals surface area contributed by atoms with Gasteiger partial charge in [0.2, 0.25) is 0 Å². The first-order valence-electron chi connectivity index (χ1n) is 8.09. The first-order valence-corrected chi connectivity index (χ1v) is 9.36. The fourth-order valence-corrected chi connectivity index (χ4v) is 3.84. The lowest BCUT2D eigenvalue weighted by Crippen LogP contribution is -1.98. The number of benzene rings is 2. The number of hydrogen-bond acceptors (Lipinski definition) is 2. The topological polar surface area (TPSA) is 61.1 Å². The maximum absolute atomic E-state index is 14.3. The summed E-state index contributed by atoms with van der Waals surface area (Å²) in [4.78, 5) is 0. The summed E-state index contributed by atoms with van der Waals surface area (Å²) in [5, 5.41) is 9.08. The molecule has 0 radical (unpaired) electrons. The van der Waals surface area contributed by atoms with Gasteiger partial charge in [0.05, 0.1) is 17.4 Å². The van der Waals surface area contributed by atoms with Crippen LogP contribution in [0.2, 0.25) is 0 Å². The van der Waals surface area contributed by atoms with Crippen molar-refractivity contribution in [1.82, 2.24) is 0 Å². The van der Waals surface area contributed by atoms with E-state index in [0.717, 1.165) is 41.5 Å². The summed E-state index contributed by atoms with van der Waals surface area (Å²) in [7, 11) is 0. The van der Waals surface area contributed by atoms with Gasteiger partial charge in [-0.25, -0.2) is 8.60 Å². The molecule has 0 heterocycles. The Labute approximate surface area is 149 Å². The molecule has 0 aromatic heterocycles. The fraction of sp³-hybridized carbons (Fsp3) is 0.250. The van der Waals surface area contributed by atoms with Crippen LogP contribution in [0.4, 0.5) is 4.39 Å². The molecule has 1 unspecified atom stereocenters. The van der Waals surface area contributed by atoms with Gasteiger partial charge in [-0.1, -0.05) is 24.3 Å². The molecule has 0 saturated carbocycles. The second-order valence-electron chi connectivity index (χ2n) is 6.22. The van der Waals surface area contributed by atoms with Crippen LogP contribution in [0.25, 0.3) is 11.1 Å². The smallest absolute Gasteiger partial charge is 0.157 e. The third-order valence-corrected chi connectivity index (χ3v) is 5.15. The van der Waals surface area contributed by atoms with Gasteiger partial charge in [0.1, 0.15) is 5.82 Å². The highest BCUT2D eigenvalue weighted by Crippen LogP contribution is 2.40. The van der Waals surface area contributed by atoms with Crippen molar-refractivity contribution in [2.24, 2.45) is 0 Å². The van der Waals surface area contributed by atoms with E-state index in [1.807, 2.05) is 31.2 Å². The third-order valence-electron chi connectivity index (χ3n) is 4.59. The second kappa shape index (κ2) is 7.30. The highest BCUT2D eigenvalue weighted by atomic mass is 32.2. The summed E-state index contributed by atoms with van der Waals surface area (Å²) >= 11 is -2.06. The lowest BCUT2D eigenvalue weighted by atomic mass is 9.94. The number of nitriles is 1. The zero-order valence-corrected chi connectivity index (χ0v) is 14.7. The van der Waals surface area contributed by atoms with Crippen molar-refractivity contribution >= 4 is 22.2 Å². The zero-order chi connectivity index (χ0) is 18.0. The lowest BCUT2D eigenvalue weighted by molar-refractivity contribution is 0.559. The van der Waals surface area contributed by atoms with E-state index in [1.165, 1.54) is 11.6 Å². The van der Waals surface area contributed by atoms with Gasteiger partial charge in [-0.05, 0) is 66.2 Å². The Hall–Kier alpha value is -2.29. The minimum absolute atomic E-state index is 0.202. The molecule has 0 aliphatic heterocycles. The standard InChI is InChI=1S/C20H18FNO2S/c1-13-9-14(5-7-16(13)11-22)18-3-2-4-19(18)15-6-8-17(12-25(23)24)20(21)10-15/h5-10H,2-4,12H2,1H3,(H,23,24). The predicted molar refractivity (Wildman–Crippen MR) is 97.4 cm³/mol. The maximum Gasteiger partial charge on any atom is 0.157 e. The van der Waals surface area contributed by atoms with Crippen LogP contribution in [-0.4, -0.2) is 8.76 Å². The minimum atomic E-state index is -2.06. The molecule has 0 spiro atoms. The van der Waals surface area contributed by atoms with Gasteiger partial charge in [-0.2, -0.15) is 5.26 Å². The molecule has 1 aliphatic rings. The van der Waals surface area contributed by atoms with E-state index in [4.69, 9.17) is 9.81 Å². The number of halogens is 1. The molecular weight excluding hydrogens is 337 g/mol. The van der Waals surface area contributed by atoms with Crippen molar-refractivity contribution in [3.63, 3.8) is 0 Å². The SMILES string of the molecule is Cc1cc(C2=C(c3ccc(CS(=O)O)c(F)c3)CCC2)ccc1C#N. The van der Waals surface area contributed by atoms with Crippen LogP contribution < -0.4 is 0 Å². The summed E-state index contributed by atoms with van der Waals surface area (Å²) in [6.45, 7) is 1.92. The van der Waals surface area contributed by atoms with E-state index < -0.39 is 16.9 Å². The largest absolute Gasteiger partial charge is 0.306 e. The zero-order valence-electron chi connectivity index (χ0n) is 13.9. The van der Waals surface area contributed by atoms with E-state index in [9.17, 15) is 8.60 Å². The molecular formula is C20H18FNO2S. The molecule has 0 amide bonds. The van der Waals surface area contributed by atoms with Crippen LogP contribution in [0.15, 0.2) is 36.4 Å². The molecule has 25 heavy (non-hydrogen) atoms. The van der Waals surface area contributed by atoms with Crippen molar-refractivity contribution in [1.29, 1.82) is 5.26 Å². The average molecular weight is 355 g/mol. The first kappa shape index (κ1) is 17.5. The molecule has 2 aromatic carbocycles. The van der Waals surface area contributed by atoms with Crippen molar-refractivity contribution in [3.8, 4) is 6.07 Å². The van der Waals surface area contributed by atoms with E-state index in [2.05, 4.69) is 6.07 Å². The van der Waals surface area contributed by atoms with Crippen LogP contribution in [0, 0.1) is 24.1 Å². The maximum atomic E-state index is 14.3. The fourth-order valence-electron chi connectivity index (χ4n) is 3.34. The number of nitrogens with zero attached hydrogens (tertiary/aromatic N) is 1. The predicted octanol–water partition coefficient (Wildman–Crippen LogP) is 4.82. The molecule has 0 bridgehead atoms. The van der Waals surface area contributed by atoms with Crippen molar-refractivity contribution < 1.29 is 13.2 Å². The molecule has 0 saturated heterocycles. The van der Waals surface area contributed by atoms with Crippen LogP contribution in [0.3, 0.4) is 0 Å². The van der Waals surface area contributed by atoms with Gasteiger partial charge in [0.25, 0.3) is 0 Å². The summed E-state index contributed by atoms with van der Waals surface area (Å²) < 4.78 is 34.1. The van der Waals surface area contributed by atoms with E-state index in [1.54, 1.807) is 6.07 Å². The van der Waals surface area contributed by atoms with Gasteiger partial charge < -0.3 is 4.55 Å². The van der Waals surface area contributed by atoms with Crippen molar-refractivity contribution in [3.05, 3.63) is 70.0 Å². The highest BCUT2D eigenvalue weighted by Gasteiger charge is 2.19. The Morgan fingerprint density at radius 1 is 1.16 bits per heavy atom. The van der Waals surface area contributed by atoms with E-state index >= 15 is 0 Å². The highest BCUT2D eigenvalue weighted by molar-refractivity contribution is 7.78. The number of rotatable bonds is 4. The van der Waals surface area contributed by atoms with Crippen LogP contribution in [0.1, 0.15) is 47.1 Å². The number of hydrogen-bond donors (Lipinski definition) is 1. The molecule has 0 fully saturated rings. The van der Waals surface area contributed by atoms with Gasteiger partial charge in [0, 0.05) is 5.56 Å². The molecule has 1 N–H and O–H groups in total. The Morgan fingerprint density at radius 2 is 1.80 bits per heavy atom. The summed E-state index contributed by atoms with van der Waals surface area (Å²) in [5.74, 6) is -0.651. The molecule has 1 aliphatic carbocycles. The molecule has 5 heteroatoms. The van der Waals surface area contributed by atoms with Gasteiger partial charge in [-0.3, -0.25) is 0 Å². The summed E-state index contributed by atoms with van der Waals surface area (Å²) in [6, 6.07) is 12.8. The minimum Gasteiger partial charge on any atom is -0.306 e. The van der Waals surface area contributed by atoms with E-state index in [0.29, 0.717) is 5.56 Å². The van der Waals surface area contributed by atoms with E-state index in [-0.39, 0.29) is 11.3 Å². The molecule has 1 atom stereocenters. The monoisotopic (exact) mass is 355 g/mol. The van der Waals surface area contributed by atoms with Crippen LogP contribution in [0.5, 0.6) is 0 Å². The Balaban J connectivity index is 2.01.